The van der Waals surface area contributed by atoms with Gasteiger partial charge in [0, 0.05) is 16.0 Å². The van der Waals surface area contributed by atoms with Crippen LogP contribution in [0.15, 0.2) is 54.7 Å². The molecule has 100 valence electrons. The van der Waals surface area contributed by atoms with Crippen molar-refractivity contribution in [2.24, 2.45) is 0 Å². The van der Waals surface area contributed by atoms with Crippen LogP contribution in [0.25, 0.3) is 10.9 Å². The summed E-state index contributed by atoms with van der Waals surface area (Å²) in [5, 5.41) is 1.68. The van der Waals surface area contributed by atoms with Crippen LogP contribution in [0.3, 0.4) is 0 Å². The number of aromatic nitrogens is 1. The molecule has 0 saturated carbocycles. The highest BCUT2D eigenvalue weighted by Gasteiger charge is 2.06. The number of pyridine rings is 1. The van der Waals surface area contributed by atoms with Crippen LogP contribution in [-0.4, -0.2) is 4.98 Å². The summed E-state index contributed by atoms with van der Waals surface area (Å²) in [5.41, 5.74) is 1.79. The first-order valence-electron chi connectivity index (χ1n) is 6.13. The van der Waals surface area contributed by atoms with Crippen LogP contribution >= 0.6 is 23.2 Å². The number of hydrogen-bond donors (Lipinski definition) is 0. The van der Waals surface area contributed by atoms with Crippen LogP contribution in [0.2, 0.25) is 5.02 Å². The Bertz CT molecular complexity index is 758. The Labute approximate surface area is 126 Å². The van der Waals surface area contributed by atoms with Crippen molar-refractivity contribution in [3.8, 4) is 11.5 Å². The van der Waals surface area contributed by atoms with E-state index in [1.165, 1.54) is 0 Å². The van der Waals surface area contributed by atoms with Crippen molar-refractivity contribution in [2.45, 2.75) is 5.88 Å². The van der Waals surface area contributed by atoms with Gasteiger partial charge in [0.1, 0.15) is 11.5 Å². The predicted octanol–water partition coefficient (Wildman–Crippen LogP) is 5.42. The van der Waals surface area contributed by atoms with E-state index in [9.17, 15) is 0 Å². The van der Waals surface area contributed by atoms with Crippen molar-refractivity contribution < 1.29 is 4.74 Å². The van der Waals surface area contributed by atoms with E-state index in [1.807, 2.05) is 36.4 Å². The molecule has 0 aliphatic rings. The fraction of sp³-hybridized carbons (Fsp3) is 0.0625. The highest BCUT2D eigenvalue weighted by molar-refractivity contribution is 6.30. The van der Waals surface area contributed by atoms with Gasteiger partial charge in [0.05, 0.1) is 17.6 Å². The standard InChI is InChI=1S/C16H11Cl2NO/c17-9-12-7-13(18)5-6-16(12)20-14-8-11-3-1-2-4-15(11)19-10-14/h1-8,10H,9H2. The lowest BCUT2D eigenvalue weighted by atomic mass is 10.2. The number of rotatable bonds is 3. The van der Waals surface area contributed by atoms with Crippen LogP contribution in [0, 0.1) is 0 Å². The minimum absolute atomic E-state index is 0.344. The van der Waals surface area contributed by atoms with E-state index < -0.39 is 0 Å². The average Bonchev–Trinajstić information content (AvgIpc) is 2.49. The van der Waals surface area contributed by atoms with Gasteiger partial charge in [-0.05, 0) is 30.3 Å². The van der Waals surface area contributed by atoms with Crippen molar-refractivity contribution in [1.29, 1.82) is 0 Å². The second-order valence-electron chi connectivity index (χ2n) is 4.35. The summed E-state index contributed by atoms with van der Waals surface area (Å²) in [6.07, 6.45) is 1.70. The van der Waals surface area contributed by atoms with Crippen molar-refractivity contribution in [1.82, 2.24) is 4.98 Å². The Morgan fingerprint density at radius 3 is 2.75 bits per heavy atom. The third kappa shape index (κ3) is 2.72. The van der Waals surface area contributed by atoms with E-state index in [4.69, 9.17) is 27.9 Å². The van der Waals surface area contributed by atoms with Crippen LogP contribution in [0.5, 0.6) is 11.5 Å². The summed E-state index contributed by atoms with van der Waals surface area (Å²) >= 11 is 11.9. The molecule has 3 rings (SSSR count). The van der Waals surface area contributed by atoms with Gasteiger partial charge in [-0.1, -0.05) is 29.8 Å². The molecule has 0 unspecified atom stereocenters. The predicted molar refractivity (Wildman–Crippen MR) is 82.8 cm³/mol. The van der Waals surface area contributed by atoms with Gasteiger partial charge in [0.2, 0.25) is 0 Å². The lowest BCUT2D eigenvalue weighted by molar-refractivity contribution is 0.477. The Kier molecular flexibility index (Phi) is 3.77. The number of halogens is 2. The summed E-state index contributed by atoms with van der Waals surface area (Å²) < 4.78 is 5.86. The molecule has 0 bridgehead atoms. The third-order valence-corrected chi connectivity index (χ3v) is 3.48. The summed E-state index contributed by atoms with van der Waals surface area (Å²) in [5.74, 6) is 1.72. The molecule has 0 atom stereocenters. The maximum atomic E-state index is 5.95. The van der Waals surface area contributed by atoms with Gasteiger partial charge in [-0.15, -0.1) is 11.6 Å². The lowest BCUT2D eigenvalue weighted by Crippen LogP contribution is -1.90. The topological polar surface area (TPSA) is 22.1 Å². The summed E-state index contributed by atoms with van der Waals surface area (Å²) in [4.78, 5) is 4.37. The van der Waals surface area contributed by atoms with Gasteiger partial charge in [0.15, 0.2) is 0 Å². The molecule has 0 amide bonds. The Balaban J connectivity index is 1.96. The quantitative estimate of drug-likeness (QED) is 0.603. The van der Waals surface area contributed by atoms with E-state index in [-0.39, 0.29) is 0 Å². The van der Waals surface area contributed by atoms with Crippen LogP contribution in [0.1, 0.15) is 5.56 Å². The second kappa shape index (κ2) is 5.70. The van der Waals surface area contributed by atoms with Crippen molar-refractivity contribution in [3.05, 3.63) is 65.3 Å². The second-order valence-corrected chi connectivity index (χ2v) is 5.06. The molecule has 2 nitrogen and oxygen atoms in total. The Hall–Kier alpha value is -1.77. The molecule has 0 aliphatic heterocycles. The van der Waals surface area contributed by atoms with Crippen molar-refractivity contribution in [2.75, 3.05) is 0 Å². The SMILES string of the molecule is ClCc1cc(Cl)ccc1Oc1cnc2ccccc2c1. The van der Waals surface area contributed by atoms with Gasteiger partial charge in [-0.3, -0.25) is 4.98 Å². The minimum Gasteiger partial charge on any atom is -0.455 e. The van der Waals surface area contributed by atoms with Gasteiger partial charge in [0.25, 0.3) is 0 Å². The highest BCUT2D eigenvalue weighted by Crippen LogP contribution is 2.29. The summed E-state index contributed by atoms with van der Waals surface area (Å²) in [7, 11) is 0. The van der Waals surface area contributed by atoms with Crippen molar-refractivity contribution >= 4 is 34.1 Å². The minimum atomic E-state index is 0.344. The van der Waals surface area contributed by atoms with Crippen LogP contribution in [0.4, 0.5) is 0 Å². The molecule has 1 heterocycles. The zero-order chi connectivity index (χ0) is 13.9. The van der Waals surface area contributed by atoms with Crippen LogP contribution in [-0.2, 0) is 5.88 Å². The van der Waals surface area contributed by atoms with Gasteiger partial charge >= 0.3 is 0 Å². The molecule has 0 saturated heterocycles. The molecule has 0 fully saturated rings. The van der Waals surface area contributed by atoms with Gasteiger partial charge in [-0.25, -0.2) is 0 Å². The molecule has 0 spiro atoms. The zero-order valence-electron chi connectivity index (χ0n) is 10.5. The number of alkyl halides is 1. The van der Waals surface area contributed by atoms with Crippen LogP contribution < -0.4 is 4.74 Å². The largest absolute Gasteiger partial charge is 0.455 e. The normalized spacial score (nSPS) is 10.7. The van der Waals surface area contributed by atoms with E-state index in [0.29, 0.717) is 22.4 Å². The molecule has 2 aromatic carbocycles. The average molecular weight is 304 g/mol. The number of para-hydroxylation sites is 1. The van der Waals surface area contributed by atoms with Crippen molar-refractivity contribution in [3.63, 3.8) is 0 Å². The lowest BCUT2D eigenvalue weighted by Gasteiger charge is -2.10. The fourth-order valence-electron chi connectivity index (χ4n) is 1.99. The molecular formula is C16H11Cl2NO. The number of benzene rings is 2. The molecule has 4 heteroatoms. The first kappa shape index (κ1) is 13.2. The van der Waals surface area contributed by atoms with E-state index in [2.05, 4.69) is 4.98 Å². The first-order valence-corrected chi connectivity index (χ1v) is 7.04. The molecule has 3 aromatic rings. The maximum absolute atomic E-state index is 5.95. The fourth-order valence-corrected chi connectivity index (χ4v) is 2.39. The Morgan fingerprint density at radius 2 is 1.90 bits per heavy atom. The van der Waals surface area contributed by atoms with E-state index in [0.717, 1.165) is 16.5 Å². The number of ether oxygens (including phenoxy) is 1. The number of nitrogens with zero attached hydrogens (tertiary/aromatic N) is 1. The first-order chi connectivity index (χ1) is 9.76. The zero-order valence-corrected chi connectivity index (χ0v) is 12.0. The molecule has 0 radical (unpaired) electrons. The van der Waals surface area contributed by atoms with Gasteiger partial charge < -0.3 is 4.74 Å². The molecule has 20 heavy (non-hydrogen) atoms. The highest BCUT2D eigenvalue weighted by atomic mass is 35.5. The third-order valence-electron chi connectivity index (χ3n) is 2.96. The molecule has 1 aromatic heterocycles. The summed E-state index contributed by atoms with van der Waals surface area (Å²) in [6, 6.07) is 15.2. The summed E-state index contributed by atoms with van der Waals surface area (Å²) in [6.45, 7) is 0. The molecule has 0 aliphatic carbocycles. The number of fused-ring (bicyclic) bond motifs is 1. The molecular weight excluding hydrogens is 293 g/mol. The van der Waals surface area contributed by atoms with Gasteiger partial charge in [-0.2, -0.15) is 0 Å². The monoisotopic (exact) mass is 303 g/mol. The molecule has 0 N–H and O–H groups in total. The maximum Gasteiger partial charge on any atom is 0.146 e. The van der Waals surface area contributed by atoms with E-state index >= 15 is 0 Å². The Morgan fingerprint density at radius 1 is 1.05 bits per heavy atom. The smallest absolute Gasteiger partial charge is 0.146 e. The van der Waals surface area contributed by atoms with E-state index in [1.54, 1.807) is 18.3 Å². The number of hydrogen-bond acceptors (Lipinski definition) is 2.